The van der Waals surface area contributed by atoms with Gasteiger partial charge in [-0.05, 0) is 48.2 Å². The number of oxime groups is 1. The molecule has 0 spiro atoms. The zero-order chi connectivity index (χ0) is 22.0. The number of benzene rings is 2. The number of rotatable bonds is 10. The number of aromatic nitrogens is 1. The summed E-state index contributed by atoms with van der Waals surface area (Å²) in [6, 6.07) is 22.5. The molecular weight excluding hydrogens is 418 g/mol. The van der Waals surface area contributed by atoms with Crippen molar-refractivity contribution in [1.29, 1.82) is 0 Å². The zero-order valence-corrected chi connectivity index (χ0v) is 19.2. The Balaban J connectivity index is 1.23. The van der Waals surface area contributed by atoms with Crippen molar-refractivity contribution >= 4 is 17.5 Å². The first-order valence-electron chi connectivity index (χ1n) is 11.1. The van der Waals surface area contributed by atoms with Crippen LogP contribution in [0.3, 0.4) is 0 Å². The van der Waals surface area contributed by atoms with E-state index in [2.05, 4.69) is 58.8 Å². The van der Waals surface area contributed by atoms with Crippen LogP contribution in [0, 0.1) is 0 Å². The number of nitrogens with one attached hydrogen (secondary N) is 1. The summed E-state index contributed by atoms with van der Waals surface area (Å²) in [5.41, 5.74) is 5.37. The molecule has 0 saturated carbocycles. The molecule has 1 unspecified atom stereocenters. The van der Waals surface area contributed by atoms with Gasteiger partial charge in [0.05, 0.1) is 11.4 Å². The normalized spacial score (nSPS) is 16.2. The van der Waals surface area contributed by atoms with Crippen LogP contribution in [0.1, 0.15) is 24.5 Å². The molecule has 0 bridgehead atoms. The van der Waals surface area contributed by atoms with E-state index in [1.807, 2.05) is 42.1 Å². The molecule has 1 fully saturated rings. The van der Waals surface area contributed by atoms with Crippen LogP contribution < -0.4 is 10.1 Å². The van der Waals surface area contributed by atoms with Crippen LogP contribution in [0.15, 0.2) is 78.1 Å². The number of hydrogen-bond acceptors (Lipinski definition) is 6. The maximum absolute atomic E-state index is 5.80. The third kappa shape index (κ3) is 6.34. The Morgan fingerprint density at radius 2 is 1.91 bits per heavy atom. The lowest BCUT2D eigenvalue weighted by molar-refractivity contribution is 0.107. The molecule has 5 nitrogen and oxygen atoms in total. The molecule has 1 N–H and O–H groups in total. The Hall–Kier alpha value is -2.83. The average Bonchev–Trinajstić information content (AvgIpc) is 3.36. The van der Waals surface area contributed by atoms with Gasteiger partial charge >= 0.3 is 0 Å². The topological polar surface area (TPSA) is 55.7 Å². The molecule has 2 aromatic carbocycles. The summed E-state index contributed by atoms with van der Waals surface area (Å²) in [4.78, 5) is 9.92. The van der Waals surface area contributed by atoms with Gasteiger partial charge in [-0.2, -0.15) is 0 Å². The smallest absolute Gasteiger partial charge is 0.151 e. The molecular formula is C26H29N3O2S. The predicted molar refractivity (Wildman–Crippen MR) is 132 cm³/mol. The Labute approximate surface area is 194 Å². The van der Waals surface area contributed by atoms with E-state index in [0.717, 1.165) is 53.5 Å². The number of nitrogens with zero attached hydrogens (tertiary/aromatic N) is 2. The lowest BCUT2D eigenvalue weighted by atomic mass is 10.0. The van der Waals surface area contributed by atoms with Gasteiger partial charge in [0.15, 0.2) is 6.61 Å². The zero-order valence-electron chi connectivity index (χ0n) is 18.4. The quantitative estimate of drug-likeness (QED) is 0.264. The molecule has 1 atom stereocenters. The number of pyridine rings is 1. The molecule has 0 amide bonds. The van der Waals surface area contributed by atoms with E-state index < -0.39 is 0 Å². The van der Waals surface area contributed by atoms with Gasteiger partial charge in [0.25, 0.3) is 0 Å². The van der Waals surface area contributed by atoms with Crippen LogP contribution in [0.2, 0.25) is 0 Å². The standard InChI is InChI=1S/C26H29N3O2S/c1-2-25(21-8-10-22(11-9-21)26-5-3-4-14-28-26)29-31-16-15-30-23-12-6-20(7-13-23)17-24-18-27-19-32-24/h3-14,24,27H,2,15-19H2,1H3. The van der Waals surface area contributed by atoms with E-state index in [4.69, 9.17) is 9.57 Å². The number of ether oxygens (including phenoxy) is 1. The molecule has 4 rings (SSSR count). The molecule has 6 heteroatoms. The minimum absolute atomic E-state index is 0.404. The van der Waals surface area contributed by atoms with E-state index in [1.54, 1.807) is 6.20 Å². The second-order valence-electron chi connectivity index (χ2n) is 7.60. The highest BCUT2D eigenvalue weighted by Gasteiger charge is 2.15. The molecule has 1 aromatic heterocycles. The van der Waals surface area contributed by atoms with Crippen LogP contribution in [0.4, 0.5) is 0 Å². The fourth-order valence-electron chi connectivity index (χ4n) is 3.58. The van der Waals surface area contributed by atoms with Crippen LogP contribution >= 0.6 is 11.8 Å². The average molecular weight is 448 g/mol. The number of hydrogen-bond donors (Lipinski definition) is 1. The van der Waals surface area contributed by atoms with Gasteiger partial charge in [-0.1, -0.05) is 54.5 Å². The third-order valence-electron chi connectivity index (χ3n) is 5.31. The van der Waals surface area contributed by atoms with Gasteiger partial charge in [-0.3, -0.25) is 4.98 Å². The van der Waals surface area contributed by atoms with Gasteiger partial charge in [0.1, 0.15) is 12.4 Å². The fourth-order valence-corrected chi connectivity index (χ4v) is 4.60. The molecule has 1 saturated heterocycles. The minimum atomic E-state index is 0.404. The van der Waals surface area contributed by atoms with Gasteiger partial charge < -0.3 is 14.9 Å². The minimum Gasteiger partial charge on any atom is -0.490 e. The highest BCUT2D eigenvalue weighted by molar-refractivity contribution is 8.00. The first-order chi connectivity index (χ1) is 15.8. The first kappa shape index (κ1) is 22.4. The lowest BCUT2D eigenvalue weighted by Crippen LogP contribution is -2.14. The summed E-state index contributed by atoms with van der Waals surface area (Å²) in [7, 11) is 0. The van der Waals surface area contributed by atoms with Crippen LogP contribution in [-0.4, -0.2) is 41.6 Å². The van der Waals surface area contributed by atoms with Crippen molar-refractivity contribution in [2.24, 2.45) is 5.16 Å². The highest BCUT2D eigenvalue weighted by atomic mass is 32.2. The summed E-state index contributed by atoms with van der Waals surface area (Å²) in [6.07, 6.45) is 3.69. The fraction of sp³-hybridized carbons (Fsp3) is 0.308. The predicted octanol–water partition coefficient (Wildman–Crippen LogP) is 5.16. The van der Waals surface area contributed by atoms with E-state index in [-0.39, 0.29) is 0 Å². The van der Waals surface area contributed by atoms with E-state index in [0.29, 0.717) is 18.5 Å². The van der Waals surface area contributed by atoms with Gasteiger partial charge in [-0.15, -0.1) is 11.8 Å². The van der Waals surface area contributed by atoms with E-state index in [9.17, 15) is 0 Å². The maximum Gasteiger partial charge on any atom is 0.151 e. The molecule has 0 aliphatic carbocycles. The summed E-state index contributed by atoms with van der Waals surface area (Å²) < 4.78 is 5.80. The SMILES string of the molecule is CCC(=NOCCOc1ccc(CC2CNCS2)cc1)c1ccc(-c2ccccn2)cc1. The van der Waals surface area contributed by atoms with Gasteiger partial charge in [0, 0.05) is 29.4 Å². The summed E-state index contributed by atoms with van der Waals surface area (Å²) in [5, 5.41) is 8.39. The van der Waals surface area contributed by atoms with Crippen LogP contribution in [-0.2, 0) is 11.3 Å². The second-order valence-corrected chi connectivity index (χ2v) is 8.89. The van der Waals surface area contributed by atoms with E-state index in [1.165, 1.54) is 5.56 Å². The first-order valence-corrected chi connectivity index (χ1v) is 12.1. The van der Waals surface area contributed by atoms with Gasteiger partial charge in [-0.25, -0.2) is 0 Å². The van der Waals surface area contributed by atoms with Gasteiger partial charge in [0.2, 0.25) is 0 Å². The molecule has 2 heterocycles. The summed E-state index contributed by atoms with van der Waals surface area (Å²) >= 11 is 1.99. The van der Waals surface area contributed by atoms with Crippen molar-refractivity contribution < 1.29 is 9.57 Å². The van der Waals surface area contributed by atoms with Crippen molar-refractivity contribution in [3.8, 4) is 17.0 Å². The Kier molecular flexibility index (Phi) is 8.17. The highest BCUT2D eigenvalue weighted by Crippen LogP contribution is 2.21. The molecule has 1 aliphatic heterocycles. The molecule has 0 radical (unpaired) electrons. The second kappa shape index (κ2) is 11.7. The molecule has 3 aromatic rings. The van der Waals surface area contributed by atoms with Crippen LogP contribution in [0.5, 0.6) is 5.75 Å². The van der Waals surface area contributed by atoms with Crippen LogP contribution in [0.25, 0.3) is 11.3 Å². The van der Waals surface area contributed by atoms with Crippen molar-refractivity contribution in [3.05, 3.63) is 84.1 Å². The Morgan fingerprint density at radius 3 is 2.59 bits per heavy atom. The Morgan fingerprint density at radius 1 is 1.06 bits per heavy atom. The van der Waals surface area contributed by atoms with Crippen molar-refractivity contribution in [2.45, 2.75) is 25.0 Å². The van der Waals surface area contributed by atoms with Crippen molar-refractivity contribution in [3.63, 3.8) is 0 Å². The molecule has 1 aliphatic rings. The molecule has 32 heavy (non-hydrogen) atoms. The summed E-state index contributed by atoms with van der Waals surface area (Å²) in [6.45, 7) is 4.03. The maximum atomic E-state index is 5.80. The monoisotopic (exact) mass is 447 g/mol. The Bertz CT molecular complexity index is 986. The largest absolute Gasteiger partial charge is 0.490 e. The third-order valence-corrected chi connectivity index (χ3v) is 6.49. The van der Waals surface area contributed by atoms with Crippen molar-refractivity contribution in [2.75, 3.05) is 25.6 Å². The van der Waals surface area contributed by atoms with E-state index >= 15 is 0 Å². The van der Waals surface area contributed by atoms with Crippen molar-refractivity contribution in [1.82, 2.24) is 10.3 Å². The number of thioether (sulfide) groups is 1. The molecule has 166 valence electrons. The summed E-state index contributed by atoms with van der Waals surface area (Å²) in [5.74, 6) is 1.92. The lowest BCUT2D eigenvalue weighted by Gasteiger charge is -2.10.